The standard InChI is InChI=1S/C30H18ClN3O3/c31-24-11-5-6-12-25(24)32-30(37)23-16-18-8-2-4-10-20(18)27(29(23)36)34-33-26-14-13-21-19-9-3-1-7-17(19)15-22(21)28(26)35/h1-16,36H,(H,32,37). The maximum Gasteiger partial charge on any atom is 0.259 e. The number of phenols is 1. The van der Waals surface area contributed by atoms with E-state index in [1.54, 1.807) is 54.6 Å². The summed E-state index contributed by atoms with van der Waals surface area (Å²) in [5, 5.41) is 23.9. The molecule has 0 saturated carbocycles. The normalized spacial score (nSPS) is 14.2. The molecular formula is C30H18ClN3O3. The number of allylic oxidation sites excluding steroid dienone is 4. The van der Waals surface area contributed by atoms with Gasteiger partial charge in [0.05, 0.1) is 16.3 Å². The van der Waals surface area contributed by atoms with Crippen molar-refractivity contribution in [3.05, 3.63) is 124 Å². The summed E-state index contributed by atoms with van der Waals surface area (Å²) in [6, 6.07) is 23.4. The van der Waals surface area contributed by atoms with E-state index in [2.05, 4.69) is 15.5 Å². The van der Waals surface area contributed by atoms with Gasteiger partial charge in [-0.2, -0.15) is 0 Å². The number of para-hydroxylation sites is 1. The van der Waals surface area contributed by atoms with E-state index in [-0.39, 0.29) is 28.5 Å². The molecule has 0 aliphatic heterocycles. The number of azo groups is 1. The average Bonchev–Trinajstić information content (AvgIpc) is 3.30. The summed E-state index contributed by atoms with van der Waals surface area (Å²) in [6.45, 7) is 0. The SMILES string of the molecule is O=C1C(N=Nc2c(O)c(C(=O)Nc3ccccc3Cl)cc3ccccc23)=CC=C2C1=Cc1ccccc12. The number of halogens is 1. The fourth-order valence-electron chi connectivity index (χ4n) is 4.52. The number of benzene rings is 4. The lowest BCUT2D eigenvalue weighted by atomic mass is 9.94. The van der Waals surface area contributed by atoms with Crippen LogP contribution in [-0.2, 0) is 4.79 Å². The molecule has 1 amide bonds. The van der Waals surface area contributed by atoms with Crippen LogP contribution in [0.1, 0.15) is 21.5 Å². The highest BCUT2D eigenvalue weighted by atomic mass is 35.5. The molecular weight excluding hydrogens is 486 g/mol. The fraction of sp³-hybridized carbons (Fsp3) is 0. The Hall–Kier alpha value is -4.81. The number of nitrogens with zero attached hydrogens (tertiary/aromatic N) is 2. The van der Waals surface area contributed by atoms with Crippen molar-refractivity contribution in [2.45, 2.75) is 0 Å². The summed E-state index contributed by atoms with van der Waals surface area (Å²) in [4.78, 5) is 26.3. The Labute approximate surface area is 216 Å². The summed E-state index contributed by atoms with van der Waals surface area (Å²) in [6.07, 6.45) is 5.31. The van der Waals surface area contributed by atoms with E-state index < -0.39 is 5.91 Å². The Bertz CT molecular complexity index is 1770. The van der Waals surface area contributed by atoms with E-state index >= 15 is 0 Å². The summed E-state index contributed by atoms with van der Waals surface area (Å²) < 4.78 is 0. The molecule has 178 valence electrons. The molecule has 2 aliphatic carbocycles. The van der Waals surface area contributed by atoms with Crippen LogP contribution < -0.4 is 5.32 Å². The lowest BCUT2D eigenvalue weighted by Crippen LogP contribution is -2.12. The van der Waals surface area contributed by atoms with Gasteiger partial charge in [0.2, 0.25) is 5.78 Å². The summed E-state index contributed by atoms with van der Waals surface area (Å²) in [5.41, 5.74) is 4.03. The number of carbonyl (C=O) groups excluding carboxylic acids is 2. The molecule has 6 nitrogen and oxygen atoms in total. The molecule has 0 spiro atoms. The van der Waals surface area contributed by atoms with Crippen LogP contribution in [0.25, 0.3) is 22.4 Å². The first-order valence-electron chi connectivity index (χ1n) is 11.5. The number of anilines is 1. The van der Waals surface area contributed by atoms with Crippen molar-refractivity contribution in [1.29, 1.82) is 0 Å². The molecule has 0 fully saturated rings. The second-order valence-electron chi connectivity index (χ2n) is 8.58. The number of amides is 1. The second-order valence-corrected chi connectivity index (χ2v) is 8.99. The van der Waals surface area contributed by atoms with E-state index in [1.165, 1.54) is 0 Å². The van der Waals surface area contributed by atoms with Crippen LogP contribution >= 0.6 is 11.6 Å². The monoisotopic (exact) mass is 503 g/mol. The molecule has 2 aliphatic rings. The fourth-order valence-corrected chi connectivity index (χ4v) is 4.70. The Morgan fingerprint density at radius 3 is 2.49 bits per heavy atom. The van der Waals surface area contributed by atoms with Crippen molar-refractivity contribution in [2.75, 3.05) is 5.32 Å². The van der Waals surface area contributed by atoms with Crippen molar-refractivity contribution in [3.63, 3.8) is 0 Å². The molecule has 0 radical (unpaired) electrons. The van der Waals surface area contributed by atoms with Crippen LogP contribution in [0.15, 0.2) is 113 Å². The van der Waals surface area contributed by atoms with E-state index in [0.29, 0.717) is 27.1 Å². The van der Waals surface area contributed by atoms with Gasteiger partial charge in [-0.05, 0) is 52.4 Å². The summed E-state index contributed by atoms with van der Waals surface area (Å²) >= 11 is 6.18. The maximum atomic E-state index is 13.2. The van der Waals surface area contributed by atoms with Gasteiger partial charge in [0.25, 0.3) is 5.91 Å². The number of hydrogen-bond donors (Lipinski definition) is 2. The van der Waals surface area contributed by atoms with Crippen LogP contribution in [0.5, 0.6) is 5.75 Å². The summed E-state index contributed by atoms with van der Waals surface area (Å²) in [7, 11) is 0. The van der Waals surface area contributed by atoms with Gasteiger partial charge in [0, 0.05) is 11.0 Å². The topological polar surface area (TPSA) is 91.1 Å². The number of fused-ring (bicyclic) bond motifs is 4. The van der Waals surface area contributed by atoms with E-state index in [9.17, 15) is 14.7 Å². The first kappa shape index (κ1) is 22.6. The highest BCUT2D eigenvalue weighted by Gasteiger charge is 2.28. The molecule has 0 saturated heterocycles. The van der Waals surface area contributed by atoms with Gasteiger partial charge < -0.3 is 10.4 Å². The average molecular weight is 504 g/mol. The van der Waals surface area contributed by atoms with Crippen molar-refractivity contribution >= 4 is 57.1 Å². The smallest absolute Gasteiger partial charge is 0.259 e. The van der Waals surface area contributed by atoms with Crippen LogP contribution in [-0.4, -0.2) is 16.8 Å². The number of nitrogens with one attached hydrogen (secondary N) is 1. The number of aromatic hydroxyl groups is 1. The number of rotatable bonds is 4. The number of ketones is 1. The quantitative estimate of drug-likeness (QED) is 0.283. The second kappa shape index (κ2) is 9.00. The van der Waals surface area contributed by atoms with Crippen molar-refractivity contribution < 1.29 is 14.7 Å². The molecule has 4 aromatic carbocycles. The van der Waals surface area contributed by atoms with E-state index in [1.807, 2.05) is 42.5 Å². The van der Waals surface area contributed by atoms with Gasteiger partial charge in [0.15, 0.2) is 5.75 Å². The van der Waals surface area contributed by atoms with Crippen molar-refractivity contribution in [3.8, 4) is 5.75 Å². The summed E-state index contributed by atoms with van der Waals surface area (Å²) in [5.74, 6) is -1.16. The molecule has 0 bridgehead atoms. The third kappa shape index (κ3) is 3.93. The van der Waals surface area contributed by atoms with Gasteiger partial charge in [-0.25, -0.2) is 0 Å². The molecule has 4 aromatic rings. The van der Waals surface area contributed by atoms with Crippen LogP contribution in [0, 0.1) is 0 Å². The number of phenolic OH excluding ortho intramolecular Hbond substituents is 1. The first-order valence-corrected chi connectivity index (χ1v) is 11.9. The van der Waals surface area contributed by atoms with Gasteiger partial charge >= 0.3 is 0 Å². The zero-order valence-corrected chi connectivity index (χ0v) is 20.0. The molecule has 0 unspecified atom stereocenters. The lowest BCUT2D eigenvalue weighted by Gasteiger charge is -2.13. The van der Waals surface area contributed by atoms with Crippen molar-refractivity contribution in [2.24, 2.45) is 10.2 Å². The highest BCUT2D eigenvalue weighted by Crippen LogP contribution is 2.42. The van der Waals surface area contributed by atoms with Gasteiger partial charge in [-0.15, -0.1) is 10.2 Å². The molecule has 7 heteroatoms. The molecule has 0 atom stereocenters. The van der Waals surface area contributed by atoms with Gasteiger partial charge in [-0.1, -0.05) is 78.3 Å². The maximum absolute atomic E-state index is 13.2. The first-order chi connectivity index (χ1) is 18.0. The van der Waals surface area contributed by atoms with Crippen LogP contribution in [0.4, 0.5) is 11.4 Å². The minimum atomic E-state index is -0.554. The third-order valence-electron chi connectivity index (χ3n) is 6.35. The van der Waals surface area contributed by atoms with Crippen LogP contribution in [0.3, 0.4) is 0 Å². The van der Waals surface area contributed by atoms with Crippen LogP contribution in [0.2, 0.25) is 5.02 Å². The molecule has 6 rings (SSSR count). The van der Waals surface area contributed by atoms with E-state index in [4.69, 9.17) is 11.6 Å². The van der Waals surface area contributed by atoms with E-state index in [0.717, 1.165) is 16.7 Å². The number of hydrogen-bond acceptors (Lipinski definition) is 5. The zero-order valence-electron chi connectivity index (χ0n) is 19.3. The minimum Gasteiger partial charge on any atom is -0.505 e. The Kier molecular flexibility index (Phi) is 5.51. The molecule has 2 N–H and O–H groups in total. The Balaban J connectivity index is 1.39. The third-order valence-corrected chi connectivity index (χ3v) is 6.68. The largest absolute Gasteiger partial charge is 0.505 e. The zero-order chi connectivity index (χ0) is 25.5. The predicted molar refractivity (Wildman–Crippen MR) is 145 cm³/mol. The predicted octanol–water partition coefficient (Wildman–Crippen LogP) is 7.48. The molecule has 0 aromatic heterocycles. The minimum absolute atomic E-state index is 0.00709. The number of carbonyl (C=O) groups is 2. The highest BCUT2D eigenvalue weighted by molar-refractivity contribution is 6.34. The van der Waals surface area contributed by atoms with Crippen molar-refractivity contribution in [1.82, 2.24) is 0 Å². The molecule has 37 heavy (non-hydrogen) atoms. The Morgan fingerprint density at radius 2 is 1.62 bits per heavy atom. The number of Topliss-reactive ketones (excluding diaryl/α,β-unsaturated/α-hetero) is 1. The van der Waals surface area contributed by atoms with Gasteiger partial charge in [0.1, 0.15) is 11.4 Å². The lowest BCUT2D eigenvalue weighted by molar-refractivity contribution is -0.111. The Morgan fingerprint density at radius 1 is 0.865 bits per heavy atom. The molecule has 0 heterocycles. The van der Waals surface area contributed by atoms with Gasteiger partial charge in [-0.3, -0.25) is 9.59 Å².